The monoisotopic (exact) mass is 432 g/mol. The van der Waals surface area contributed by atoms with Gasteiger partial charge >= 0.3 is 0 Å². The van der Waals surface area contributed by atoms with Crippen LogP contribution in [0.5, 0.6) is 0 Å². The minimum absolute atomic E-state index is 0. The van der Waals surface area contributed by atoms with Gasteiger partial charge in [-0.25, -0.2) is 4.99 Å². The molecule has 1 aromatic carbocycles. The number of likely N-dealkylation sites (N-methyl/N-ethyl adjacent to an activating group) is 1. The molecule has 0 aliphatic rings. The van der Waals surface area contributed by atoms with Gasteiger partial charge in [-0.1, -0.05) is 38.1 Å². The highest BCUT2D eigenvalue weighted by Crippen LogP contribution is 2.07. The van der Waals surface area contributed by atoms with E-state index in [2.05, 4.69) is 48.5 Å². The smallest absolute Gasteiger partial charge is 0.241 e. The molecule has 6 heteroatoms. The number of benzene rings is 1. The molecule has 5 nitrogen and oxygen atoms in total. The van der Waals surface area contributed by atoms with Crippen molar-refractivity contribution in [2.24, 2.45) is 10.9 Å². The second-order valence-electron chi connectivity index (χ2n) is 6.01. The summed E-state index contributed by atoms with van der Waals surface area (Å²) in [6, 6.07) is 8.19. The molecule has 0 aliphatic carbocycles. The van der Waals surface area contributed by atoms with Crippen molar-refractivity contribution < 1.29 is 4.79 Å². The van der Waals surface area contributed by atoms with Crippen molar-refractivity contribution in [2.45, 2.75) is 27.3 Å². The first-order chi connectivity index (χ1) is 10.4. The number of hydrogen-bond acceptors (Lipinski definition) is 2. The summed E-state index contributed by atoms with van der Waals surface area (Å²) in [6.07, 6.45) is 0. The van der Waals surface area contributed by atoms with Crippen LogP contribution >= 0.6 is 24.0 Å². The Morgan fingerprint density at radius 2 is 1.87 bits per heavy atom. The normalized spacial score (nSPS) is 11.0. The van der Waals surface area contributed by atoms with Crippen molar-refractivity contribution in [3.63, 3.8) is 0 Å². The molecule has 0 saturated carbocycles. The van der Waals surface area contributed by atoms with Gasteiger partial charge in [-0.05, 0) is 24.0 Å². The molecule has 0 aliphatic heterocycles. The molecule has 0 spiro atoms. The first-order valence-electron chi connectivity index (χ1n) is 7.67. The van der Waals surface area contributed by atoms with Crippen LogP contribution in [0.15, 0.2) is 29.3 Å². The van der Waals surface area contributed by atoms with Crippen LogP contribution in [0, 0.1) is 12.8 Å². The standard InChI is InChI=1S/C17H28N4O.HI/c1-13(2)10-18-17(20-12-16(22)21(4)5)19-11-15-9-7-6-8-14(15)3;/h6-9,13H,10-12H2,1-5H3,(H2,18,19,20);1H. The predicted octanol–water partition coefficient (Wildman–Crippen LogP) is 2.39. The van der Waals surface area contributed by atoms with E-state index in [0.717, 1.165) is 6.54 Å². The lowest BCUT2D eigenvalue weighted by molar-refractivity contribution is -0.127. The molecular formula is C17H29IN4O. The van der Waals surface area contributed by atoms with Crippen LogP contribution in [0.2, 0.25) is 0 Å². The summed E-state index contributed by atoms with van der Waals surface area (Å²) in [4.78, 5) is 17.8. The van der Waals surface area contributed by atoms with Crippen molar-refractivity contribution in [3.05, 3.63) is 35.4 Å². The van der Waals surface area contributed by atoms with Crippen molar-refractivity contribution in [1.82, 2.24) is 15.5 Å². The topological polar surface area (TPSA) is 56.7 Å². The predicted molar refractivity (Wildman–Crippen MR) is 107 cm³/mol. The highest BCUT2D eigenvalue weighted by atomic mass is 127. The van der Waals surface area contributed by atoms with E-state index in [-0.39, 0.29) is 36.4 Å². The summed E-state index contributed by atoms with van der Waals surface area (Å²) in [6.45, 7) is 8.00. The third-order valence-electron chi connectivity index (χ3n) is 3.25. The van der Waals surface area contributed by atoms with Gasteiger partial charge in [-0.2, -0.15) is 0 Å². The Kier molecular flexibility index (Phi) is 10.6. The molecule has 2 N–H and O–H groups in total. The summed E-state index contributed by atoms with van der Waals surface area (Å²) >= 11 is 0. The Morgan fingerprint density at radius 1 is 1.22 bits per heavy atom. The second kappa shape index (κ2) is 11.3. The Hall–Kier alpha value is -1.31. The third kappa shape index (κ3) is 8.78. The summed E-state index contributed by atoms with van der Waals surface area (Å²) in [5, 5.41) is 6.36. The fraction of sp³-hybridized carbons (Fsp3) is 0.529. The van der Waals surface area contributed by atoms with Gasteiger partial charge in [0.05, 0.1) is 13.1 Å². The van der Waals surface area contributed by atoms with Crippen molar-refractivity contribution in [2.75, 3.05) is 27.2 Å². The highest BCUT2D eigenvalue weighted by Gasteiger charge is 2.06. The van der Waals surface area contributed by atoms with Gasteiger partial charge in [0.15, 0.2) is 5.96 Å². The average Bonchev–Trinajstić information content (AvgIpc) is 2.47. The van der Waals surface area contributed by atoms with E-state index in [0.29, 0.717) is 18.4 Å². The fourth-order valence-electron chi connectivity index (χ4n) is 1.74. The van der Waals surface area contributed by atoms with Gasteiger partial charge < -0.3 is 15.5 Å². The summed E-state index contributed by atoms with van der Waals surface area (Å²) in [5.74, 6) is 1.21. The number of aryl methyl sites for hydroxylation is 1. The zero-order valence-electron chi connectivity index (χ0n) is 14.7. The maximum absolute atomic E-state index is 11.7. The fourth-order valence-corrected chi connectivity index (χ4v) is 1.74. The number of guanidine groups is 1. The van der Waals surface area contributed by atoms with Crippen LogP contribution < -0.4 is 10.6 Å². The van der Waals surface area contributed by atoms with Crippen molar-refractivity contribution in [1.29, 1.82) is 0 Å². The number of nitrogens with zero attached hydrogens (tertiary/aromatic N) is 2. The lowest BCUT2D eigenvalue weighted by atomic mass is 10.1. The second-order valence-corrected chi connectivity index (χ2v) is 6.01. The Labute approximate surface area is 157 Å². The molecule has 130 valence electrons. The van der Waals surface area contributed by atoms with Gasteiger partial charge in [-0.15, -0.1) is 24.0 Å². The average molecular weight is 432 g/mol. The van der Waals surface area contributed by atoms with Crippen LogP contribution in [0.3, 0.4) is 0 Å². The molecule has 1 rings (SSSR count). The minimum Gasteiger partial charge on any atom is -0.356 e. The molecule has 0 unspecified atom stereocenters. The van der Waals surface area contributed by atoms with E-state index < -0.39 is 0 Å². The molecule has 0 heterocycles. The molecule has 0 fully saturated rings. The van der Waals surface area contributed by atoms with E-state index in [1.807, 2.05) is 12.1 Å². The van der Waals surface area contributed by atoms with Crippen LogP contribution in [-0.2, 0) is 11.3 Å². The SMILES string of the molecule is Cc1ccccc1CN=C(NCC(=O)N(C)C)NCC(C)C.I. The van der Waals surface area contributed by atoms with E-state index >= 15 is 0 Å². The molecule has 0 bridgehead atoms. The Morgan fingerprint density at radius 3 is 2.43 bits per heavy atom. The zero-order chi connectivity index (χ0) is 16.5. The Bertz CT molecular complexity index is 515. The number of hydrogen-bond donors (Lipinski definition) is 2. The maximum Gasteiger partial charge on any atom is 0.241 e. The number of carbonyl (C=O) groups is 1. The first kappa shape index (κ1) is 21.7. The summed E-state index contributed by atoms with van der Waals surface area (Å²) in [5.41, 5.74) is 2.41. The van der Waals surface area contributed by atoms with E-state index in [1.165, 1.54) is 11.1 Å². The van der Waals surface area contributed by atoms with Crippen LogP contribution in [-0.4, -0.2) is 44.0 Å². The molecule has 1 amide bonds. The zero-order valence-corrected chi connectivity index (χ0v) is 17.0. The molecule has 0 saturated heterocycles. The lowest BCUT2D eigenvalue weighted by Crippen LogP contribution is -2.44. The van der Waals surface area contributed by atoms with Gasteiger partial charge in [0.1, 0.15) is 0 Å². The van der Waals surface area contributed by atoms with Crippen LogP contribution in [0.25, 0.3) is 0 Å². The number of amides is 1. The molecule has 1 aromatic rings. The van der Waals surface area contributed by atoms with Gasteiger partial charge in [0.25, 0.3) is 0 Å². The van der Waals surface area contributed by atoms with E-state index in [4.69, 9.17) is 0 Å². The van der Waals surface area contributed by atoms with Crippen molar-refractivity contribution in [3.8, 4) is 0 Å². The third-order valence-corrected chi connectivity index (χ3v) is 3.25. The number of aliphatic imine (C=N–C) groups is 1. The molecule has 0 radical (unpaired) electrons. The van der Waals surface area contributed by atoms with Crippen LogP contribution in [0.4, 0.5) is 0 Å². The number of halogens is 1. The van der Waals surface area contributed by atoms with Gasteiger partial charge in [-0.3, -0.25) is 4.79 Å². The molecule has 23 heavy (non-hydrogen) atoms. The summed E-state index contributed by atoms with van der Waals surface area (Å²) in [7, 11) is 3.49. The number of carbonyl (C=O) groups excluding carboxylic acids is 1. The van der Waals surface area contributed by atoms with Crippen molar-refractivity contribution >= 4 is 35.8 Å². The van der Waals surface area contributed by atoms with Gasteiger partial charge in [0, 0.05) is 20.6 Å². The number of nitrogens with one attached hydrogen (secondary N) is 2. The highest BCUT2D eigenvalue weighted by molar-refractivity contribution is 14.0. The Balaban J connectivity index is 0.00000484. The first-order valence-corrected chi connectivity index (χ1v) is 7.67. The lowest BCUT2D eigenvalue weighted by Gasteiger charge is -2.16. The van der Waals surface area contributed by atoms with Crippen LogP contribution in [0.1, 0.15) is 25.0 Å². The largest absolute Gasteiger partial charge is 0.356 e. The maximum atomic E-state index is 11.7. The molecule has 0 atom stereocenters. The molecule has 0 aromatic heterocycles. The van der Waals surface area contributed by atoms with E-state index in [9.17, 15) is 4.79 Å². The quantitative estimate of drug-likeness (QED) is 0.413. The summed E-state index contributed by atoms with van der Waals surface area (Å²) < 4.78 is 0. The number of rotatable bonds is 6. The minimum atomic E-state index is 0. The van der Waals surface area contributed by atoms with Gasteiger partial charge in [0.2, 0.25) is 5.91 Å². The molecular weight excluding hydrogens is 403 g/mol. The van der Waals surface area contributed by atoms with E-state index in [1.54, 1.807) is 19.0 Å².